The lowest BCUT2D eigenvalue weighted by Crippen LogP contribution is -2.10. The summed E-state index contributed by atoms with van der Waals surface area (Å²) in [5.74, 6) is 0. The molecule has 282 valence electrons. The number of hydrogen-bond donors (Lipinski definition) is 0. The lowest BCUT2D eigenvalue weighted by molar-refractivity contribution is 1.28. The van der Waals surface area contributed by atoms with Gasteiger partial charge in [-0.1, -0.05) is 176 Å². The lowest BCUT2D eigenvalue weighted by Gasteiger charge is -2.28. The Labute approximate surface area is 350 Å². The van der Waals surface area contributed by atoms with Gasteiger partial charge in [0.15, 0.2) is 0 Å². The number of anilines is 6. The van der Waals surface area contributed by atoms with E-state index in [0.717, 1.165) is 34.0 Å². The van der Waals surface area contributed by atoms with Gasteiger partial charge >= 0.3 is 0 Å². The molecule has 0 saturated carbocycles. The molecule has 11 rings (SSSR count). The molecule has 0 unspecified atom stereocenters. The molecule has 2 heteroatoms. The summed E-state index contributed by atoms with van der Waals surface area (Å²) < 4.78 is 0. The first-order chi connectivity index (χ1) is 29.7. The van der Waals surface area contributed by atoms with Crippen molar-refractivity contribution < 1.29 is 0 Å². The minimum Gasteiger partial charge on any atom is -0.311 e. The SMILES string of the molecule is c1ccc(-c2ccc(N(c3ccc(-c4ccccc4)cc3)c3ccc(-c4ccc(N(c5ccccc5)c5cc6cccc7ccc8cccc5c8c76)cc4)cc3)cc2)cc1. The van der Waals surface area contributed by atoms with Gasteiger partial charge in [-0.15, -0.1) is 0 Å². The molecule has 0 aliphatic carbocycles. The lowest BCUT2D eigenvalue weighted by atomic mass is 9.92. The van der Waals surface area contributed by atoms with Gasteiger partial charge in [0, 0.05) is 33.8 Å². The Bertz CT molecular complexity index is 3110. The highest BCUT2D eigenvalue weighted by atomic mass is 15.1. The van der Waals surface area contributed by atoms with Crippen LogP contribution in [0.2, 0.25) is 0 Å². The van der Waals surface area contributed by atoms with E-state index < -0.39 is 0 Å². The number of nitrogens with zero attached hydrogens (tertiary/aromatic N) is 2. The van der Waals surface area contributed by atoms with Crippen LogP contribution in [0.5, 0.6) is 0 Å². The Balaban J connectivity index is 0.951. The largest absolute Gasteiger partial charge is 0.311 e. The standard InChI is InChI=1S/C58H40N2/c1-4-12-41(13-5-1)43-24-32-51(33-25-43)59(52-34-26-44(27-35-52)42-14-6-2-7-15-42)53-36-28-45(29-37-53)46-30-38-54(39-31-46)60(50-19-8-3-9-20-50)56-40-49-18-10-16-47-22-23-48-17-11-21-55(56)58(48)57(47)49/h1-40H. The zero-order chi connectivity index (χ0) is 39.8. The maximum Gasteiger partial charge on any atom is 0.0546 e. The van der Waals surface area contributed by atoms with Gasteiger partial charge in [0.25, 0.3) is 0 Å². The summed E-state index contributed by atoms with van der Waals surface area (Å²) >= 11 is 0. The van der Waals surface area contributed by atoms with Crippen LogP contribution in [-0.2, 0) is 0 Å². The second-order valence-corrected chi connectivity index (χ2v) is 15.4. The summed E-state index contributed by atoms with van der Waals surface area (Å²) in [6.07, 6.45) is 0. The van der Waals surface area contributed by atoms with Crippen molar-refractivity contribution in [3.05, 3.63) is 243 Å². The molecule has 60 heavy (non-hydrogen) atoms. The van der Waals surface area contributed by atoms with Crippen LogP contribution < -0.4 is 9.80 Å². The summed E-state index contributed by atoms with van der Waals surface area (Å²) in [5.41, 5.74) is 13.9. The molecule has 0 heterocycles. The maximum absolute atomic E-state index is 2.40. The van der Waals surface area contributed by atoms with Crippen molar-refractivity contribution >= 4 is 66.4 Å². The van der Waals surface area contributed by atoms with Crippen LogP contribution in [0.1, 0.15) is 0 Å². The first-order valence-corrected chi connectivity index (χ1v) is 20.6. The molecule has 0 aromatic heterocycles. The van der Waals surface area contributed by atoms with E-state index in [2.05, 4.69) is 252 Å². The van der Waals surface area contributed by atoms with Gasteiger partial charge < -0.3 is 9.80 Å². The molecule has 0 spiro atoms. The molecule has 0 radical (unpaired) electrons. The highest BCUT2D eigenvalue weighted by Crippen LogP contribution is 2.45. The summed E-state index contributed by atoms with van der Waals surface area (Å²) in [7, 11) is 0. The van der Waals surface area contributed by atoms with E-state index in [4.69, 9.17) is 0 Å². The number of para-hydroxylation sites is 1. The van der Waals surface area contributed by atoms with Crippen molar-refractivity contribution in [1.82, 2.24) is 0 Å². The molecule has 0 aliphatic rings. The summed E-state index contributed by atoms with van der Waals surface area (Å²) in [5, 5.41) is 7.67. The van der Waals surface area contributed by atoms with Crippen LogP contribution in [0, 0.1) is 0 Å². The predicted molar refractivity (Wildman–Crippen MR) is 256 cm³/mol. The van der Waals surface area contributed by atoms with Gasteiger partial charge in [0.05, 0.1) is 5.69 Å². The predicted octanol–water partition coefficient (Wildman–Crippen LogP) is 16.5. The molecule has 11 aromatic rings. The molecule has 0 N–H and O–H groups in total. The monoisotopic (exact) mass is 764 g/mol. The molecule has 0 atom stereocenters. The van der Waals surface area contributed by atoms with Crippen LogP contribution in [0.4, 0.5) is 34.1 Å². The Hall–Kier alpha value is -7.94. The normalized spacial score (nSPS) is 11.3. The fraction of sp³-hybridized carbons (Fsp3) is 0. The van der Waals surface area contributed by atoms with Crippen molar-refractivity contribution in [2.45, 2.75) is 0 Å². The fourth-order valence-electron chi connectivity index (χ4n) is 8.85. The van der Waals surface area contributed by atoms with Crippen molar-refractivity contribution in [2.24, 2.45) is 0 Å². The number of hydrogen-bond acceptors (Lipinski definition) is 2. The molecule has 11 aromatic carbocycles. The fourth-order valence-corrected chi connectivity index (χ4v) is 8.85. The van der Waals surface area contributed by atoms with Crippen molar-refractivity contribution in [3.8, 4) is 33.4 Å². The summed E-state index contributed by atoms with van der Waals surface area (Å²) in [6, 6.07) is 87.7. The maximum atomic E-state index is 2.40. The average molecular weight is 765 g/mol. The third-order valence-electron chi connectivity index (χ3n) is 11.8. The van der Waals surface area contributed by atoms with Crippen LogP contribution in [0.15, 0.2) is 243 Å². The molecule has 2 nitrogen and oxygen atoms in total. The van der Waals surface area contributed by atoms with Crippen LogP contribution in [0.25, 0.3) is 65.7 Å². The van der Waals surface area contributed by atoms with Gasteiger partial charge in [-0.05, 0) is 127 Å². The van der Waals surface area contributed by atoms with E-state index in [1.807, 2.05) is 0 Å². The highest BCUT2D eigenvalue weighted by molar-refractivity contribution is 6.26. The van der Waals surface area contributed by atoms with E-state index >= 15 is 0 Å². The van der Waals surface area contributed by atoms with Crippen LogP contribution in [-0.4, -0.2) is 0 Å². The van der Waals surface area contributed by atoms with Crippen molar-refractivity contribution in [1.29, 1.82) is 0 Å². The minimum absolute atomic E-state index is 1.10. The molecule has 0 amide bonds. The Morgan fingerprint density at radius 1 is 0.217 bits per heavy atom. The zero-order valence-electron chi connectivity index (χ0n) is 33.0. The zero-order valence-corrected chi connectivity index (χ0v) is 33.0. The summed E-state index contributed by atoms with van der Waals surface area (Å²) in [4.78, 5) is 4.74. The first kappa shape index (κ1) is 35.2. The van der Waals surface area contributed by atoms with Gasteiger partial charge in [0.2, 0.25) is 0 Å². The molecule has 0 aliphatic heterocycles. The Morgan fingerprint density at radius 2 is 0.567 bits per heavy atom. The first-order valence-electron chi connectivity index (χ1n) is 20.6. The second kappa shape index (κ2) is 15.1. The van der Waals surface area contributed by atoms with Gasteiger partial charge in [-0.2, -0.15) is 0 Å². The molecular weight excluding hydrogens is 725 g/mol. The highest BCUT2D eigenvalue weighted by Gasteiger charge is 2.20. The van der Waals surface area contributed by atoms with Crippen molar-refractivity contribution in [2.75, 3.05) is 9.80 Å². The second-order valence-electron chi connectivity index (χ2n) is 15.4. The van der Waals surface area contributed by atoms with E-state index in [1.165, 1.54) is 65.8 Å². The number of rotatable bonds is 9. The minimum atomic E-state index is 1.10. The molecule has 0 fully saturated rings. The topological polar surface area (TPSA) is 6.48 Å². The smallest absolute Gasteiger partial charge is 0.0546 e. The third-order valence-corrected chi connectivity index (χ3v) is 11.8. The summed E-state index contributed by atoms with van der Waals surface area (Å²) in [6.45, 7) is 0. The van der Waals surface area contributed by atoms with E-state index in [0.29, 0.717) is 0 Å². The molecule has 0 saturated heterocycles. The van der Waals surface area contributed by atoms with Gasteiger partial charge in [-0.3, -0.25) is 0 Å². The van der Waals surface area contributed by atoms with Gasteiger partial charge in [-0.25, -0.2) is 0 Å². The van der Waals surface area contributed by atoms with Crippen molar-refractivity contribution in [3.63, 3.8) is 0 Å². The Kier molecular flexibility index (Phi) is 8.87. The third kappa shape index (κ3) is 6.41. The average Bonchev–Trinajstić information content (AvgIpc) is 3.33. The quantitative estimate of drug-likeness (QED) is 0.135. The molecular formula is C58H40N2. The Morgan fingerprint density at radius 3 is 1.03 bits per heavy atom. The molecule has 0 bridgehead atoms. The van der Waals surface area contributed by atoms with E-state index in [-0.39, 0.29) is 0 Å². The van der Waals surface area contributed by atoms with Crippen LogP contribution in [0.3, 0.4) is 0 Å². The van der Waals surface area contributed by atoms with Crippen LogP contribution >= 0.6 is 0 Å². The van der Waals surface area contributed by atoms with Gasteiger partial charge in [0.1, 0.15) is 0 Å². The van der Waals surface area contributed by atoms with E-state index in [9.17, 15) is 0 Å². The number of benzene rings is 11. The van der Waals surface area contributed by atoms with E-state index in [1.54, 1.807) is 0 Å².